The van der Waals surface area contributed by atoms with Crippen LogP contribution in [0.2, 0.25) is 5.02 Å². The molecule has 0 unspecified atom stereocenters. The van der Waals surface area contributed by atoms with Crippen molar-refractivity contribution in [2.45, 2.75) is 25.0 Å². The summed E-state index contributed by atoms with van der Waals surface area (Å²) in [5.41, 5.74) is 0.638. The largest absolute Gasteiger partial charge is 0.387 e. The van der Waals surface area contributed by atoms with Crippen LogP contribution >= 0.6 is 11.6 Å². The second kappa shape index (κ2) is 6.18. The molecule has 1 heterocycles. The van der Waals surface area contributed by atoms with Gasteiger partial charge in [0, 0.05) is 17.1 Å². The molecule has 5 heteroatoms. The van der Waals surface area contributed by atoms with E-state index in [0.717, 1.165) is 19.4 Å². The zero-order valence-electron chi connectivity index (χ0n) is 10.0. The summed E-state index contributed by atoms with van der Waals surface area (Å²) >= 11 is 5.98. The average Bonchev–Trinajstić information content (AvgIpc) is 2.90. The Hall–Kier alpha value is -1.10. The molecule has 2 atom stereocenters. The minimum Gasteiger partial charge on any atom is -0.387 e. The van der Waals surface area contributed by atoms with Crippen LogP contribution in [0.1, 0.15) is 24.5 Å². The Morgan fingerprint density at radius 1 is 1.56 bits per heavy atom. The normalized spacial score (nSPS) is 20.7. The van der Waals surface area contributed by atoms with Crippen molar-refractivity contribution in [3.63, 3.8) is 0 Å². The molecule has 0 aliphatic carbocycles. The number of rotatable bonds is 4. The second-order valence-electron chi connectivity index (χ2n) is 4.43. The van der Waals surface area contributed by atoms with E-state index in [4.69, 9.17) is 11.6 Å². The van der Waals surface area contributed by atoms with Crippen molar-refractivity contribution in [2.75, 3.05) is 13.1 Å². The van der Waals surface area contributed by atoms with Gasteiger partial charge >= 0.3 is 0 Å². The fourth-order valence-corrected chi connectivity index (χ4v) is 2.35. The Bertz CT molecular complexity index is 419. The van der Waals surface area contributed by atoms with E-state index < -0.39 is 6.10 Å². The standard InChI is InChI=1S/C13H17ClN2O2/c14-10-5-2-1-4-9(10)12(17)8-16-13(18)11-6-3-7-15-11/h1-2,4-5,11-12,15,17H,3,6-8H2,(H,16,18)/t11-,12-/m0/s1. The molecule has 1 amide bonds. The molecule has 1 aliphatic rings. The SMILES string of the molecule is O=C(NC[C@H](O)c1ccccc1Cl)[C@@H]1CCCN1. The molecule has 4 nitrogen and oxygen atoms in total. The van der Waals surface area contributed by atoms with Gasteiger partial charge in [0.05, 0.1) is 12.1 Å². The van der Waals surface area contributed by atoms with Crippen LogP contribution in [0.15, 0.2) is 24.3 Å². The second-order valence-corrected chi connectivity index (χ2v) is 4.84. The lowest BCUT2D eigenvalue weighted by Gasteiger charge is -2.16. The topological polar surface area (TPSA) is 61.4 Å². The van der Waals surface area contributed by atoms with Crippen molar-refractivity contribution in [1.82, 2.24) is 10.6 Å². The number of carbonyl (C=O) groups excluding carboxylic acids is 1. The van der Waals surface area contributed by atoms with E-state index in [1.165, 1.54) is 0 Å². The van der Waals surface area contributed by atoms with Crippen molar-refractivity contribution in [1.29, 1.82) is 0 Å². The van der Waals surface area contributed by atoms with E-state index in [0.29, 0.717) is 10.6 Å². The van der Waals surface area contributed by atoms with Gasteiger partial charge in [0.1, 0.15) is 0 Å². The first kappa shape index (κ1) is 13.3. The van der Waals surface area contributed by atoms with Gasteiger partial charge in [-0.15, -0.1) is 0 Å². The average molecular weight is 269 g/mol. The van der Waals surface area contributed by atoms with Gasteiger partial charge in [-0.3, -0.25) is 4.79 Å². The van der Waals surface area contributed by atoms with Crippen molar-refractivity contribution in [2.24, 2.45) is 0 Å². The van der Waals surface area contributed by atoms with Gasteiger partial charge < -0.3 is 15.7 Å². The Morgan fingerprint density at radius 3 is 3.00 bits per heavy atom. The molecule has 18 heavy (non-hydrogen) atoms. The molecule has 1 saturated heterocycles. The van der Waals surface area contributed by atoms with E-state index in [-0.39, 0.29) is 18.5 Å². The zero-order chi connectivity index (χ0) is 13.0. The van der Waals surface area contributed by atoms with Gasteiger partial charge in [-0.2, -0.15) is 0 Å². The molecule has 0 aromatic heterocycles. The third-order valence-electron chi connectivity index (χ3n) is 3.11. The summed E-state index contributed by atoms with van der Waals surface area (Å²) in [6.07, 6.45) is 1.10. The highest BCUT2D eigenvalue weighted by Gasteiger charge is 2.22. The van der Waals surface area contributed by atoms with Gasteiger partial charge in [0.2, 0.25) is 5.91 Å². The van der Waals surface area contributed by atoms with E-state index in [9.17, 15) is 9.90 Å². The van der Waals surface area contributed by atoms with Crippen LogP contribution in [0.3, 0.4) is 0 Å². The fourth-order valence-electron chi connectivity index (χ4n) is 2.08. The summed E-state index contributed by atoms with van der Waals surface area (Å²) in [6.45, 7) is 1.06. The number of hydrogen-bond acceptors (Lipinski definition) is 3. The van der Waals surface area contributed by atoms with Gasteiger partial charge in [0.15, 0.2) is 0 Å². The molecular formula is C13H17ClN2O2. The highest BCUT2D eigenvalue weighted by Crippen LogP contribution is 2.21. The third kappa shape index (κ3) is 3.22. The molecule has 3 N–H and O–H groups in total. The van der Waals surface area contributed by atoms with E-state index in [1.54, 1.807) is 18.2 Å². The van der Waals surface area contributed by atoms with Crippen LogP contribution in [0.25, 0.3) is 0 Å². The number of carbonyl (C=O) groups is 1. The van der Waals surface area contributed by atoms with Gasteiger partial charge in [-0.05, 0) is 25.5 Å². The first-order valence-electron chi connectivity index (χ1n) is 6.12. The number of aliphatic hydroxyl groups is 1. The molecule has 98 valence electrons. The summed E-state index contributed by atoms with van der Waals surface area (Å²) < 4.78 is 0. The number of hydrogen-bond donors (Lipinski definition) is 3. The highest BCUT2D eigenvalue weighted by atomic mass is 35.5. The lowest BCUT2D eigenvalue weighted by atomic mass is 10.1. The Morgan fingerprint density at radius 2 is 2.33 bits per heavy atom. The van der Waals surface area contributed by atoms with Crippen LogP contribution < -0.4 is 10.6 Å². The smallest absolute Gasteiger partial charge is 0.237 e. The first-order chi connectivity index (χ1) is 8.68. The Balaban J connectivity index is 1.86. The minimum absolute atomic E-state index is 0.0568. The monoisotopic (exact) mass is 268 g/mol. The maximum atomic E-state index is 11.7. The van der Waals surface area contributed by atoms with E-state index in [2.05, 4.69) is 10.6 Å². The lowest BCUT2D eigenvalue weighted by molar-refractivity contribution is -0.123. The fraction of sp³-hybridized carbons (Fsp3) is 0.462. The number of halogens is 1. The Labute approximate surface area is 111 Å². The van der Waals surface area contributed by atoms with Crippen molar-refractivity contribution >= 4 is 17.5 Å². The number of nitrogens with one attached hydrogen (secondary N) is 2. The van der Waals surface area contributed by atoms with Gasteiger partial charge in [-0.1, -0.05) is 29.8 Å². The molecule has 1 aliphatic heterocycles. The molecule has 0 radical (unpaired) electrons. The predicted molar refractivity (Wildman–Crippen MR) is 70.4 cm³/mol. The molecular weight excluding hydrogens is 252 g/mol. The number of amides is 1. The molecule has 1 aromatic carbocycles. The zero-order valence-corrected chi connectivity index (χ0v) is 10.8. The van der Waals surface area contributed by atoms with Crippen molar-refractivity contribution < 1.29 is 9.90 Å². The van der Waals surface area contributed by atoms with Gasteiger partial charge in [-0.25, -0.2) is 0 Å². The van der Waals surface area contributed by atoms with Crippen molar-refractivity contribution in [3.8, 4) is 0 Å². The lowest BCUT2D eigenvalue weighted by Crippen LogP contribution is -2.41. The van der Waals surface area contributed by atoms with Crippen LogP contribution in [0, 0.1) is 0 Å². The number of benzene rings is 1. The number of aliphatic hydroxyl groups excluding tert-OH is 1. The molecule has 2 rings (SSSR count). The summed E-state index contributed by atoms with van der Waals surface area (Å²) in [7, 11) is 0. The first-order valence-corrected chi connectivity index (χ1v) is 6.50. The Kier molecular flexibility index (Phi) is 4.58. The molecule has 1 aromatic rings. The van der Waals surface area contributed by atoms with E-state index >= 15 is 0 Å². The van der Waals surface area contributed by atoms with Crippen molar-refractivity contribution in [3.05, 3.63) is 34.9 Å². The quantitative estimate of drug-likeness (QED) is 0.770. The molecule has 1 fully saturated rings. The maximum absolute atomic E-state index is 11.7. The summed E-state index contributed by atoms with van der Waals surface area (Å²) in [6, 6.07) is 6.97. The highest BCUT2D eigenvalue weighted by molar-refractivity contribution is 6.31. The minimum atomic E-state index is -0.774. The predicted octanol–water partition coefficient (Wildman–Crippen LogP) is 1.24. The summed E-state index contributed by atoms with van der Waals surface area (Å²) in [5.74, 6) is -0.0568. The van der Waals surface area contributed by atoms with Crippen LogP contribution in [-0.2, 0) is 4.79 Å². The molecule has 0 saturated carbocycles. The van der Waals surface area contributed by atoms with E-state index in [1.807, 2.05) is 6.07 Å². The summed E-state index contributed by atoms with van der Waals surface area (Å²) in [5, 5.41) is 16.3. The third-order valence-corrected chi connectivity index (χ3v) is 3.45. The van der Waals surface area contributed by atoms with Crippen LogP contribution in [0.4, 0.5) is 0 Å². The summed E-state index contributed by atoms with van der Waals surface area (Å²) in [4.78, 5) is 11.7. The molecule has 0 bridgehead atoms. The van der Waals surface area contributed by atoms with Gasteiger partial charge in [0.25, 0.3) is 0 Å². The molecule has 0 spiro atoms. The van der Waals surface area contributed by atoms with Crippen LogP contribution in [0.5, 0.6) is 0 Å². The maximum Gasteiger partial charge on any atom is 0.237 e. The van der Waals surface area contributed by atoms with Crippen LogP contribution in [-0.4, -0.2) is 30.1 Å².